The Morgan fingerprint density at radius 2 is 1.46 bits per heavy atom. The van der Waals surface area contributed by atoms with E-state index < -0.39 is 53.0 Å². The standard InChI is InChI=1S/C39H35F5N2O4/c1-21-30(19-46(3)22(2)26-16-15-24-7-4-5-8-27(24)17-26)49-39(50-37(21)25-13-11-23(20-47)12-14-25)28-9-6-10-29(18-28)45-38(48)31-32(40)34(42)36(44)35(43)33(31)41/h4-18,21-22,30,37,39,47H,19-20H2,1-3H3,(H,45,48)/t21-,22-,30+,37+,39+/m1/s1. The number of rotatable bonds is 9. The molecule has 0 spiro atoms. The third-order valence-electron chi connectivity index (χ3n) is 9.36. The second-order valence-corrected chi connectivity index (χ2v) is 12.6. The molecule has 11 heteroatoms. The van der Waals surface area contributed by atoms with Crippen LogP contribution in [0.2, 0.25) is 0 Å². The Labute approximate surface area is 286 Å². The lowest BCUT2D eigenvalue weighted by Gasteiger charge is -2.43. The SMILES string of the molecule is C[C@@H]1[C@H](CN(C)[C@H](C)c2ccc3ccccc3c2)O[C@H](c2cccc(NC(=O)c3c(F)c(F)c(F)c(F)c3F)c2)O[C@@H]1c1ccc(CO)cc1. The molecule has 1 fully saturated rings. The van der Waals surface area contributed by atoms with Crippen molar-refractivity contribution in [3.05, 3.63) is 148 Å². The molecule has 50 heavy (non-hydrogen) atoms. The van der Waals surface area contributed by atoms with Crippen molar-refractivity contribution in [3.8, 4) is 0 Å². The van der Waals surface area contributed by atoms with Crippen molar-refractivity contribution >= 4 is 22.4 Å². The number of likely N-dealkylation sites (N-methyl/N-ethyl adjacent to an activating group) is 1. The zero-order valence-corrected chi connectivity index (χ0v) is 27.5. The number of carbonyl (C=O) groups is 1. The first kappa shape index (κ1) is 35.2. The number of hydrogen-bond acceptors (Lipinski definition) is 5. The molecule has 1 aliphatic rings. The van der Waals surface area contributed by atoms with Gasteiger partial charge in [-0.1, -0.05) is 79.7 Å². The second kappa shape index (κ2) is 14.7. The number of amides is 1. The summed E-state index contributed by atoms with van der Waals surface area (Å²) in [6.45, 7) is 4.54. The van der Waals surface area contributed by atoms with Crippen LogP contribution in [-0.2, 0) is 16.1 Å². The highest BCUT2D eigenvalue weighted by molar-refractivity contribution is 6.04. The van der Waals surface area contributed by atoms with Crippen molar-refractivity contribution < 1.29 is 41.3 Å². The van der Waals surface area contributed by atoms with Crippen molar-refractivity contribution in [1.29, 1.82) is 0 Å². The molecule has 5 aromatic carbocycles. The van der Waals surface area contributed by atoms with Gasteiger partial charge in [0.25, 0.3) is 5.91 Å². The fourth-order valence-electron chi connectivity index (χ4n) is 6.25. The molecule has 5 atom stereocenters. The zero-order chi connectivity index (χ0) is 35.7. The van der Waals surface area contributed by atoms with Gasteiger partial charge in [0.15, 0.2) is 29.6 Å². The van der Waals surface area contributed by atoms with E-state index in [4.69, 9.17) is 9.47 Å². The zero-order valence-electron chi connectivity index (χ0n) is 27.5. The number of nitrogens with zero attached hydrogens (tertiary/aromatic N) is 1. The Hall–Kier alpha value is -4.68. The summed E-state index contributed by atoms with van der Waals surface area (Å²) in [5.41, 5.74) is 1.59. The predicted octanol–water partition coefficient (Wildman–Crippen LogP) is 8.76. The molecule has 1 heterocycles. The molecule has 2 N–H and O–H groups in total. The largest absolute Gasteiger partial charge is 0.392 e. The Morgan fingerprint density at radius 1 is 0.800 bits per heavy atom. The summed E-state index contributed by atoms with van der Waals surface area (Å²) in [5.74, 6) is -12.9. The van der Waals surface area contributed by atoms with Crippen LogP contribution in [0.25, 0.3) is 10.8 Å². The van der Waals surface area contributed by atoms with Crippen LogP contribution in [0.3, 0.4) is 0 Å². The molecule has 0 unspecified atom stereocenters. The summed E-state index contributed by atoms with van der Waals surface area (Å²) in [5, 5.41) is 14.1. The van der Waals surface area contributed by atoms with E-state index in [2.05, 4.69) is 47.5 Å². The van der Waals surface area contributed by atoms with Crippen molar-refractivity contribution in [2.45, 2.75) is 45.0 Å². The summed E-state index contributed by atoms with van der Waals surface area (Å²) >= 11 is 0. The number of nitrogens with one attached hydrogen (secondary N) is 1. The number of aliphatic hydroxyl groups is 1. The van der Waals surface area contributed by atoms with Crippen LogP contribution >= 0.6 is 0 Å². The Morgan fingerprint density at radius 3 is 2.14 bits per heavy atom. The Kier molecular flexibility index (Phi) is 10.3. The van der Waals surface area contributed by atoms with E-state index in [-0.39, 0.29) is 30.4 Å². The molecule has 0 bridgehead atoms. The van der Waals surface area contributed by atoms with Gasteiger partial charge in [-0.2, -0.15) is 0 Å². The smallest absolute Gasteiger partial charge is 0.261 e. The summed E-state index contributed by atoms with van der Waals surface area (Å²) < 4.78 is 82.9. The van der Waals surface area contributed by atoms with Crippen molar-refractivity contribution in [2.24, 2.45) is 5.92 Å². The fraction of sp³-hybridized carbons (Fsp3) is 0.256. The van der Waals surface area contributed by atoms with Crippen molar-refractivity contribution in [1.82, 2.24) is 4.90 Å². The summed E-state index contributed by atoms with van der Waals surface area (Å²) in [7, 11) is 2.01. The third-order valence-corrected chi connectivity index (χ3v) is 9.36. The lowest BCUT2D eigenvalue weighted by Crippen LogP contribution is -2.44. The van der Waals surface area contributed by atoms with Gasteiger partial charge in [-0.05, 0) is 59.6 Å². The molecule has 1 amide bonds. The molecular weight excluding hydrogens is 655 g/mol. The second-order valence-electron chi connectivity index (χ2n) is 12.6. The molecule has 0 aliphatic carbocycles. The highest BCUT2D eigenvalue weighted by atomic mass is 19.2. The Bertz CT molecular complexity index is 2000. The minimum absolute atomic E-state index is 0.0182. The number of ether oxygens (including phenoxy) is 2. The molecule has 5 aromatic rings. The molecule has 6 nitrogen and oxygen atoms in total. The fourth-order valence-corrected chi connectivity index (χ4v) is 6.25. The van der Waals surface area contributed by atoms with Gasteiger partial charge < -0.3 is 19.9 Å². The van der Waals surface area contributed by atoms with E-state index in [0.717, 1.165) is 27.5 Å². The number of fused-ring (bicyclic) bond motifs is 1. The van der Waals surface area contributed by atoms with Gasteiger partial charge in [0, 0.05) is 29.8 Å². The molecule has 0 radical (unpaired) electrons. The number of halogens is 5. The molecule has 6 rings (SSSR count). The van der Waals surface area contributed by atoms with E-state index in [0.29, 0.717) is 12.1 Å². The van der Waals surface area contributed by atoms with E-state index in [1.807, 2.05) is 50.4 Å². The molecule has 0 saturated carbocycles. The summed E-state index contributed by atoms with van der Waals surface area (Å²) in [6, 6.07) is 28.0. The average molecular weight is 691 g/mol. The quantitative estimate of drug-likeness (QED) is 0.0920. The van der Waals surface area contributed by atoms with Gasteiger partial charge in [-0.3, -0.25) is 9.69 Å². The van der Waals surface area contributed by atoms with Gasteiger partial charge in [0.1, 0.15) is 5.56 Å². The Balaban J connectivity index is 1.27. The first-order valence-electron chi connectivity index (χ1n) is 16.1. The van der Waals surface area contributed by atoms with Crippen LogP contribution in [0.5, 0.6) is 0 Å². The van der Waals surface area contributed by atoms with Crippen LogP contribution in [0.15, 0.2) is 91.0 Å². The maximum Gasteiger partial charge on any atom is 0.261 e. The number of carbonyl (C=O) groups excluding carboxylic acids is 1. The lowest BCUT2D eigenvalue weighted by molar-refractivity contribution is -0.276. The molecule has 1 saturated heterocycles. The summed E-state index contributed by atoms with van der Waals surface area (Å²) in [4.78, 5) is 15.0. The number of anilines is 1. The summed E-state index contributed by atoms with van der Waals surface area (Å²) in [6.07, 6.45) is -1.78. The van der Waals surface area contributed by atoms with E-state index >= 15 is 0 Å². The van der Waals surface area contributed by atoms with Crippen molar-refractivity contribution in [3.63, 3.8) is 0 Å². The first-order valence-corrected chi connectivity index (χ1v) is 16.1. The number of benzene rings is 5. The van der Waals surface area contributed by atoms with Gasteiger partial charge >= 0.3 is 0 Å². The number of hydrogen-bond donors (Lipinski definition) is 2. The molecule has 260 valence electrons. The topological polar surface area (TPSA) is 71.0 Å². The molecule has 1 aliphatic heterocycles. The maximum absolute atomic E-state index is 14.4. The maximum atomic E-state index is 14.4. The van der Waals surface area contributed by atoms with E-state index in [1.54, 1.807) is 12.1 Å². The van der Waals surface area contributed by atoms with Gasteiger partial charge in [0.2, 0.25) is 5.82 Å². The van der Waals surface area contributed by atoms with Gasteiger partial charge in [-0.25, -0.2) is 22.0 Å². The van der Waals surface area contributed by atoms with E-state index in [9.17, 15) is 31.9 Å². The average Bonchev–Trinajstić information content (AvgIpc) is 3.13. The minimum atomic E-state index is -2.35. The number of aliphatic hydroxyl groups excluding tert-OH is 1. The van der Waals surface area contributed by atoms with Crippen LogP contribution in [0.4, 0.5) is 27.6 Å². The van der Waals surface area contributed by atoms with Crippen LogP contribution in [0, 0.1) is 35.0 Å². The van der Waals surface area contributed by atoms with Crippen molar-refractivity contribution in [2.75, 3.05) is 18.9 Å². The van der Waals surface area contributed by atoms with Crippen LogP contribution in [0.1, 0.15) is 64.9 Å². The lowest BCUT2D eigenvalue weighted by atomic mass is 9.89. The predicted molar refractivity (Wildman–Crippen MR) is 179 cm³/mol. The van der Waals surface area contributed by atoms with Gasteiger partial charge in [-0.15, -0.1) is 0 Å². The third kappa shape index (κ3) is 6.99. The highest BCUT2D eigenvalue weighted by Gasteiger charge is 2.39. The van der Waals surface area contributed by atoms with Crippen LogP contribution in [-0.4, -0.2) is 35.6 Å². The monoisotopic (exact) mass is 690 g/mol. The minimum Gasteiger partial charge on any atom is -0.392 e. The highest BCUT2D eigenvalue weighted by Crippen LogP contribution is 2.42. The molecule has 0 aromatic heterocycles. The normalized spacial score (nSPS) is 19.9. The van der Waals surface area contributed by atoms with Crippen LogP contribution < -0.4 is 5.32 Å². The molecular formula is C39H35F5N2O4. The first-order chi connectivity index (χ1) is 24.0. The van der Waals surface area contributed by atoms with E-state index in [1.165, 1.54) is 12.1 Å². The van der Waals surface area contributed by atoms with Gasteiger partial charge in [0.05, 0.1) is 18.8 Å².